The van der Waals surface area contributed by atoms with E-state index in [0.29, 0.717) is 5.92 Å². The van der Waals surface area contributed by atoms with Crippen molar-refractivity contribution in [1.82, 2.24) is 15.2 Å². The molecule has 1 aliphatic carbocycles. The average Bonchev–Trinajstić information content (AvgIpc) is 3.08. The summed E-state index contributed by atoms with van der Waals surface area (Å²) in [5.74, 6) is 6.30. The standard InChI is InChI=1S/C14H20N4S/c1-2-18-9-10(8-16-18)14(17-15)12-4-3-5-13-11(12)6-7-19-13/h6-9,12,14,17H,2-5,15H2,1H3. The van der Waals surface area contributed by atoms with Crippen LogP contribution in [0.3, 0.4) is 0 Å². The van der Waals surface area contributed by atoms with Gasteiger partial charge in [0.15, 0.2) is 0 Å². The van der Waals surface area contributed by atoms with E-state index in [4.69, 9.17) is 5.84 Å². The minimum absolute atomic E-state index is 0.161. The summed E-state index contributed by atoms with van der Waals surface area (Å²) in [6.07, 6.45) is 7.70. The maximum atomic E-state index is 5.83. The Bertz CT molecular complexity index is 545. The van der Waals surface area contributed by atoms with Crippen LogP contribution in [-0.4, -0.2) is 9.78 Å². The molecule has 2 unspecified atom stereocenters. The third kappa shape index (κ3) is 2.33. The van der Waals surface area contributed by atoms with Crippen LogP contribution in [0.5, 0.6) is 0 Å². The summed E-state index contributed by atoms with van der Waals surface area (Å²) in [5.41, 5.74) is 5.67. The van der Waals surface area contributed by atoms with E-state index in [1.54, 1.807) is 0 Å². The van der Waals surface area contributed by atoms with E-state index < -0.39 is 0 Å². The van der Waals surface area contributed by atoms with E-state index in [1.165, 1.54) is 35.3 Å². The lowest BCUT2D eigenvalue weighted by molar-refractivity contribution is 0.410. The number of hydrogen-bond acceptors (Lipinski definition) is 4. The number of hydrazine groups is 1. The molecule has 5 heteroatoms. The molecule has 2 atom stereocenters. The highest BCUT2D eigenvalue weighted by molar-refractivity contribution is 7.10. The molecule has 2 heterocycles. The van der Waals surface area contributed by atoms with Gasteiger partial charge in [0.2, 0.25) is 0 Å². The zero-order valence-corrected chi connectivity index (χ0v) is 12.0. The molecule has 102 valence electrons. The van der Waals surface area contributed by atoms with Crippen LogP contribution < -0.4 is 11.3 Å². The molecule has 0 aromatic carbocycles. The van der Waals surface area contributed by atoms with Crippen LogP contribution >= 0.6 is 11.3 Å². The highest BCUT2D eigenvalue weighted by atomic mass is 32.1. The second-order valence-electron chi connectivity index (χ2n) is 5.07. The fraction of sp³-hybridized carbons (Fsp3) is 0.500. The third-order valence-electron chi connectivity index (χ3n) is 4.02. The molecule has 3 rings (SSSR count). The molecule has 4 nitrogen and oxygen atoms in total. The monoisotopic (exact) mass is 276 g/mol. The summed E-state index contributed by atoms with van der Waals surface area (Å²) in [5, 5.41) is 6.57. The second-order valence-corrected chi connectivity index (χ2v) is 6.07. The number of thiophene rings is 1. The van der Waals surface area contributed by atoms with Crippen molar-refractivity contribution >= 4 is 11.3 Å². The van der Waals surface area contributed by atoms with Crippen molar-refractivity contribution in [3.8, 4) is 0 Å². The van der Waals surface area contributed by atoms with E-state index in [2.05, 4.69) is 35.1 Å². The van der Waals surface area contributed by atoms with Crippen molar-refractivity contribution in [2.24, 2.45) is 5.84 Å². The largest absolute Gasteiger partial charge is 0.273 e. The van der Waals surface area contributed by atoms with Crippen LogP contribution in [0.4, 0.5) is 0 Å². The summed E-state index contributed by atoms with van der Waals surface area (Å²) in [4.78, 5) is 1.53. The van der Waals surface area contributed by atoms with Gasteiger partial charge in [0.25, 0.3) is 0 Å². The lowest BCUT2D eigenvalue weighted by Crippen LogP contribution is -2.33. The fourth-order valence-electron chi connectivity index (χ4n) is 3.03. The number of rotatable bonds is 4. The quantitative estimate of drug-likeness (QED) is 0.666. The molecule has 0 radical (unpaired) electrons. The van der Waals surface area contributed by atoms with Gasteiger partial charge in [-0.15, -0.1) is 11.3 Å². The van der Waals surface area contributed by atoms with Crippen molar-refractivity contribution in [1.29, 1.82) is 0 Å². The van der Waals surface area contributed by atoms with Crippen LogP contribution in [0.2, 0.25) is 0 Å². The van der Waals surface area contributed by atoms with Crippen LogP contribution in [0.1, 0.15) is 47.7 Å². The van der Waals surface area contributed by atoms with Gasteiger partial charge < -0.3 is 0 Å². The number of nitrogens with two attached hydrogens (primary N) is 1. The Labute approximate surface area is 117 Å². The van der Waals surface area contributed by atoms with E-state index in [1.807, 2.05) is 22.2 Å². The van der Waals surface area contributed by atoms with Gasteiger partial charge in [-0.3, -0.25) is 16.0 Å². The molecular formula is C14H20N4S. The molecule has 0 bridgehead atoms. The molecule has 0 spiro atoms. The summed E-state index contributed by atoms with van der Waals surface area (Å²) >= 11 is 1.87. The van der Waals surface area contributed by atoms with Gasteiger partial charge in [0.1, 0.15) is 0 Å². The average molecular weight is 276 g/mol. The molecule has 0 saturated carbocycles. The highest BCUT2D eigenvalue weighted by Crippen LogP contribution is 2.41. The van der Waals surface area contributed by atoms with Crippen molar-refractivity contribution in [3.05, 3.63) is 39.8 Å². The maximum absolute atomic E-state index is 5.83. The predicted octanol–water partition coefficient (Wildman–Crippen LogP) is 2.59. The predicted molar refractivity (Wildman–Crippen MR) is 78.0 cm³/mol. The number of fused-ring (bicyclic) bond motifs is 1. The minimum Gasteiger partial charge on any atom is -0.273 e. The molecule has 0 fully saturated rings. The summed E-state index contributed by atoms with van der Waals surface area (Å²) < 4.78 is 1.96. The number of aromatic nitrogens is 2. The molecule has 2 aromatic heterocycles. The first-order valence-corrected chi connectivity index (χ1v) is 7.76. The molecule has 1 aliphatic rings. The first-order chi connectivity index (χ1) is 9.33. The van der Waals surface area contributed by atoms with Gasteiger partial charge in [0, 0.05) is 29.1 Å². The van der Waals surface area contributed by atoms with E-state index in [-0.39, 0.29) is 6.04 Å². The highest BCUT2D eigenvalue weighted by Gasteiger charge is 2.29. The van der Waals surface area contributed by atoms with E-state index in [9.17, 15) is 0 Å². The van der Waals surface area contributed by atoms with Gasteiger partial charge in [0.05, 0.1) is 12.2 Å². The zero-order chi connectivity index (χ0) is 13.2. The van der Waals surface area contributed by atoms with Crippen molar-refractivity contribution in [2.75, 3.05) is 0 Å². The first-order valence-electron chi connectivity index (χ1n) is 6.88. The molecule has 0 saturated heterocycles. The van der Waals surface area contributed by atoms with E-state index in [0.717, 1.165) is 6.54 Å². The second kappa shape index (κ2) is 5.45. The molecule has 0 aliphatic heterocycles. The Morgan fingerprint density at radius 1 is 1.63 bits per heavy atom. The number of nitrogens with one attached hydrogen (secondary N) is 1. The van der Waals surface area contributed by atoms with Crippen molar-refractivity contribution < 1.29 is 0 Å². The van der Waals surface area contributed by atoms with Gasteiger partial charge in [-0.1, -0.05) is 0 Å². The van der Waals surface area contributed by atoms with Gasteiger partial charge in [-0.25, -0.2) is 0 Å². The van der Waals surface area contributed by atoms with Crippen LogP contribution in [0.15, 0.2) is 23.8 Å². The Morgan fingerprint density at radius 3 is 3.26 bits per heavy atom. The van der Waals surface area contributed by atoms with Crippen molar-refractivity contribution in [2.45, 2.75) is 44.7 Å². The number of aryl methyl sites for hydroxylation is 2. The Morgan fingerprint density at radius 2 is 2.53 bits per heavy atom. The number of nitrogens with zero attached hydrogens (tertiary/aromatic N) is 2. The first kappa shape index (κ1) is 12.8. The lowest BCUT2D eigenvalue weighted by atomic mass is 9.81. The summed E-state index contributed by atoms with van der Waals surface area (Å²) in [6, 6.07) is 2.42. The molecular weight excluding hydrogens is 256 g/mol. The van der Waals surface area contributed by atoms with Gasteiger partial charge in [-0.05, 0) is 43.2 Å². The number of hydrogen-bond donors (Lipinski definition) is 2. The summed E-state index contributed by atoms with van der Waals surface area (Å²) in [7, 11) is 0. The normalized spacial score (nSPS) is 20.2. The summed E-state index contributed by atoms with van der Waals surface area (Å²) in [6.45, 7) is 2.99. The SMILES string of the molecule is CCn1cc(C(NN)C2CCCc3sccc32)cn1. The van der Waals surface area contributed by atoms with Crippen LogP contribution in [-0.2, 0) is 13.0 Å². The Balaban J connectivity index is 1.91. The zero-order valence-electron chi connectivity index (χ0n) is 11.2. The van der Waals surface area contributed by atoms with E-state index >= 15 is 0 Å². The maximum Gasteiger partial charge on any atom is 0.0559 e. The molecule has 3 N–H and O–H groups in total. The lowest BCUT2D eigenvalue weighted by Gasteiger charge is -2.29. The van der Waals surface area contributed by atoms with Crippen LogP contribution in [0, 0.1) is 0 Å². The van der Waals surface area contributed by atoms with Crippen LogP contribution in [0.25, 0.3) is 0 Å². The van der Waals surface area contributed by atoms with Gasteiger partial charge >= 0.3 is 0 Å². The third-order valence-corrected chi connectivity index (χ3v) is 5.01. The minimum atomic E-state index is 0.161. The van der Waals surface area contributed by atoms with Crippen molar-refractivity contribution in [3.63, 3.8) is 0 Å². The molecule has 2 aromatic rings. The topological polar surface area (TPSA) is 55.9 Å². The molecule has 0 amide bonds. The smallest absolute Gasteiger partial charge is 0.0559 e. The molecule has 19 heavy (non-hydrogen) atoms. The Kier molecular flexibility index (Phi) is 3.68. The Hall–Kier alpha value is -1.17. The fourth-order valence-corrected chi connectivity index (χ4v) is 4.02. The van der Waals surface area contributed by atoms with Gasteiger partial charge in [-0.2, -0.15) is 5.10 Å².